The number of rotatable bonds is 4. The number of β-amino-alcohol motifs (C(OH)–C–C–N with tert-alkyl or cyclic N) is 1. The van der Waals surface area contributed by atoms with Gasteiger partial charge in [0.05, 0.1) is 17.2 Å². The number of carbonyl (C=O) groups excluding carboxylic acids is 1. The molecule has 1 amide bonds. The molecular formula is C23H25F3N4O3. The summed E-state index contributed by atoms with van der Waals surface area (Å²) < 4.78 is 41.0. The van der Waals surface area contributed by atoms with Crippen molar-refractivity contribution in [1.29, 1.82) is 0 Å². The number of hydrogen-bond acceptors (Lipinski definition) is 6. The molecule has 33 heavy (non-hydrogen) atoms. The number of pyridine rings is 1. The minimum atomic E-state index is -4.71. The third kappa shape index (κ3) is 4.55. The number of nitrogens with zero attached hydrogens (tertiary/aromatic N) is 4. The van der Waals surface area contributed by atoms with Gasteiger partial charge in [-0.05, 0) is 36.2 Å². The molecule has 10 heteroatoms. The van der Waals surface area contributed by atoms with E-state index in [1.165, 1.54) is 12.1 Å². The Morgan fingerprint density at radius 1 is 1.15 bits per heavy atom. The number of ether oxygens (including phenoxy) is 1. The second-order valence-corrected chi connectivity index (χ2v) is 9.18. The van der Waals surface area contributed by atoms with Gasteiger partial charge in [-0.2, -0.15) is 0 Å². The summed E-state index contributed by atoms with van der Waals surface area (Å²) in [5.74, 6) is -0.292. The van der Waals surface area contributed by atoms with Crippen LogP contribution in [0.15, 0.2) is 48.8 Å². The summed E-state index contributed by atoms with van der Waals surface area (Å²) in [6, 6.07) is 9.52. The number of amides is 1. The van der Waals surface area contributed by atoms with Gasteiger partial charge in [0.25, 0.3) is 5.91 Å². The van der Waals surface area contributed by atoms with Gasteiger partial charge in [-0.25, -0.2) is 0 Å². The van der Waals surface area contributed by atoms with Crippen LogP contribution in [0.3, 0.4) is 0 Å². The Bertz CT molecular complexity index is 996. The number of hydrogen-bond donors (Lipinski definition) is 1. The highest BCUT2D eigenvalue weighted by molar-refractivity contribution is 5.94. The van der Waals surface area contributed by atoms with Crippen LogP contribution in [0.1, 0.15) is 22.3 Å². The van der Waals surface area contributed by atoms with E-state index in [0.717, 1.165) is 5.56 Å². The molecular weight excluding hydrogens is 437 g/mol. The molecule has 3 fully saturated rings. The summed E-state index contributed by atoms with van der Waals surface area (Å²) in [7, 11) is 0. The molecule has 0 radical (unpaired) electrons. The molecule has 0 unspecified atom stereocenters. The average molecular weight is 462 g/mol. The zero-order chi connectivity index (χ0) is 23.2. The van der Waals surface area contributed by atoms with Crippen molar-refractivity contribution in [2.75, 3.05) is 32.7 Å². The molecule has 7 nitrogen and oxygen atoms in total. The topological polar surface area (TPSA) is 69.1 Å². The summed E-state index contributed by atoms with van der Waals surface area (Å²) in [4.78, 5) is 23.6. The van der Waals surface area contributed by atoms with Crippen LogP contribution >= 0.6 is 0 Å². The quantitative estimate of drug-likeness (QED) is 0.751. The van der Waals surface area contributed by atoms with E-state index in [1.54, 1.807) is 36.7 Å². The van der Waals surface area contributed by atoms with Gasteiger partial charge in [-0.15, -0.1) is 13.2 Å². The third-order valence-electron chi connectivity index (χ3n) is 6.71. The maximum Gasteiger partial charge on any atom is 0.573 e. The van der Waals surface area contributed by atoms with Crippen molar-refractivity contribution in [1.82, 2.24) is 19.7 Å². The molecule has 3 aliphatic heterocycles. The molecule has 1 aromatic heterocycles. The average Bonchev–Trinajstić information content (AvgIpc) is 3.13. The summed E-state index contributed by atoms with van der Waals surface area (Å²) >= 11 is 0. The number of alkyl halides is 3. The van der Waals surface area contributed by atoms with Gasteiger partial charge in [0.15, 0.2) is 0 Å². The van der Waals surface area contributed by atoms with Crippen LogP contribution in [-0.2, 0) is 6.54 Å². The number of benzene rings is 1. The zero-order valence-electron chi connectivity index (χ0n) is 17.9. The number of likely N-dealkylation sites (tertiary alicyclic amines) is 1. The van der Waals surface area contributed by atoms with Crippen LogP contribution in [0.2, 0.25) is 0 Å². The van der Waals surface area contributed by atoms with Crippen molar-refractivity contribution in [2.24, 2.45) is 0 Å². The van der Waals surface area contributed by atoms with Crippen LogP contribution in [0.5, 0.6) is 5.75 Å². The minimum Gasteiger partial charge on any atom is -0.406 e. The maximum atomic E-state index is 13.1. The molecule has 176 valence electrons. The van der Waals surface area contributed by atoms with Gasteiger partial charge in [0.1, 0.15) is 5.75 Å². The van der Waals surface area contributed by atoms with Crippen LogP contribution in [0.25, 0.3) is 0 Å². The molecule has 0 saturated carbocycles. The molecule has 3 aliphatic rings. The predicted octanol–water partition coefficient (Wildman–Crippen LogP) is 2.13. The van der Waals surface area contributed by atoms with E-state index in [9.17, 15) is 23.1 Å². The fraction of sp³-hybridized carbons (Fsp3) is 0.478. The molecule has 1 spiro atoms. The van der Waals surface area contributed by atoms with Crippen molar-refractivity contribution in [2.45, 2.75) is 37.0 Å². The highest BCUT2D eigenvalue weighted by Crippen LogP contribution is 2.40. The van der Waals surface area contributed by atoms with E-state index in [2.05, 4.69) is 19.5 Å². The van der Waals surface area contributed by atoms with Gasteiger partial charge in [-0.1, -0.05) is 12.1 Å². The Balaban J connectivity index is 1.26. The lowest BCUT2D eigenvalue weighted by Gasteiger charge is -2.61. The Hall–Kier alpha value is -2.69. The molecule has 2 atom stereocenters. The number of piperazine rings is 1. The number of fused-ring (bicyclic) bond motifs is 2. The Labute approximate surface area is 189 Å². The lowest BCUT2D eigenvalue weighted by atomic mass is 9.83. The second-order valence-electron chi connectivity index (χ2n) is 9.18. The van der Waals surface area contributed by atoms with E-state index < -0.39 is 12.5 Å². The molecule has 0 aliphatic carbocycles. The lowest BCUT2D eigenvalue weighted by Crippen LogP contribution is -2.78. The number of aliphatic hydroxyl groups excluding tert-OH is 1. The number of halogens is 3. The van der Waals surface area contributed by atoms with E-state index in [0.29, 0.717) is 51.3 Å². The van der Waals surface area contributed by atoms with Gasteiger partial charge >= 0.3 is 6.36 Å². The zero-order valence-corrected chi connectivity index (χ0v) is 17.9. The van der Waals surface area contributed by atoms with Crippen LogP contribution < -0.4 is 4.74 Å². The summed E-state index contributed by atoms with van der Waals surface area (Å²) in [5, 5.41) is 10.3. The fourth-order valence-corrected chi connectivity index (χ4v) is 5.47. The van der Waals surface area contributed by atoms with Crippen LogP contribution in [0.4, 0.5) is 13.2 Å². The van der Waals surface area contributed by atoms with Gasteiger partial charge in [0, 0.05) is 57.7 Å². The summed E-state index contributed by atoms with van der Waals surface area (Å²) in [6.45, 7) is 3.76. The Kier molecular flexibility index (Phi) is 5.54. The first-order valence-corrected chi connectivity index (χ1v) is 10.9. The van der Waals surface area contributed by atoms with E-state index in [-0.39, 0.29) is 23.2 Å². The number of aromatic nitrogens is 1. The first-order valence-electron chi connectivity index (χ1n) is 10.9. The molecule has 4 heterocycles. The summed E-state index contributed by atoms with van der Waals surface area (Å²) in [5.41, 5.74) is 1.20. The maximum absolute atomic E-state index is 13.1. The number of carbonyl (C=O) groups is 1. The molecule has 3 saturated heterocycles. The molecule has 2 aromatic rings. The van der Waals surface area contributed by atoms with Crippen molar-refractivity contribution >= 4 is 5.91 Å². The molecule has 5 rings (SSSR count). The molecule has 0 bridgehead atoms. The SMILES string of the molecule is O=C(c1cccnc1)N1C[C@@H]2C[C@@H](O)CN2C2(CN(Cc3ccc(OC(F)(F)F)cc3)C2)C1. The molecule has 1 aromatic carbocycles. The largest absolute Gasteiger partial charge is 0.573 e. The van der Waals surface area contributed by atoms with Gasteiger partial charge in [-0.3, -0.25) is 19.6 Å². The normalized spacial score (nSPS) is 25.0. The third-order valence-corrected chi connectivity index (χ3v) is 6.71. The fourth-order valence-electron chi connectivity index (χ4n) is 5.47. The van der Waals surface area contributed by atoms with E-state index in [4.69, 9.17) is 0 Å². The highest BCUT2D eigenvalue weighted by Gasteiger charge is 2.56. The Morgan fingerprint density at radius 3 is 2.58 bits per heavy atom. The minimum absolute atomic E-state index is 0.0535. The van der Waals surface area contributed by atoms with Gasteiger partial charge in [0.2, 0.25) is 0 Å². The van der Waals surface area contributed by atoms with Crippen molar-refractivity contribution < 1.29 is 27.8 Å². The van der Waals surface area contributed by atoms with Crippen molar-refractivity contribution in [3.63, 3.8) is 0 Å². The van der Waals surface area contributed by atoms with Gasteiger partial charge < -0.3 is 14.7 Å². The second kappa shape index (κ2) is 8.27. The first-order chi connectivity index (χ1) is 15.7. The standard InChI is InChI=1S/C23H25F3N4O3/c24-23(25,26)33-20-5-3-16(4-6-20)10-28-13-22(14-28)15-29(11-18-8-19(31)12-30(18)22)21(32)17-2-1-7-27-9-17/h1-7,9,18-19,31H,8,10-15H2/t18-,19+/m0/s1. The first kappa shape index (κ1) is 22.1. The van der Waals surface area contributed by atoms with Crippen molar-refractivity contribution in [3.05, 3.63) is 59.9 Å². The van der Waals surface area contributed by atoms with E-state index >= 15 is 0 Å². The number of aliphatic hydroxyl groups is 1. The summed E-state index contributed by atoms with van der Waals surface area (Å²) in [6.07, 6.45) is -1.27. The lowest BCUT2D eigenvalue weighted by molar-refractivity contribution is -0.274. The Morgan fingerprint density at radius 2 is 1.91 bits per heavy atom. The van der Waals surface area contributed by atoms with E-state index in [1.807, 2.05) is 4.90 Å². The monoisotopic (exact) mass is 462 g/mol. The predicted molar refractivity (Wildman–Crippen MR) is 112 cm³/mol. The smallest absolute Gasteiger partial charge is 0.406 e. The molecule has 1 N–H and O–H groups in total. The van der Waals surface area contributed by atoms with Crippen LogP contribution in [0, 0.1) is 0 Å². The van der Waals surface area contributed by atoms with Crippen molar-refractivity contribution in [3.8, 4) is 5.75 Å². The highest BCUT2D eigenvalue weighted by atomic mass is 19.4. The van der Waals surface area contributed by atoms with Crippen LogP contribution in [-0.4, -0.2) is 87.5 Å².